The molecule has 6 heteroatoms. The lowest BCUT2D eigenvalue weighted by Crippen LogP contribution is -2.44. The molecule has 5 nitrogen and oxygen atoms in total. The lowest BCUT2D eigenvalue weighted by molar-refractivity contribution is -0.132. The molecule has 1 aliphatic heterocycles. The van der Waals surface area contributed by atoms with Crippen molar-refractivity contribution >= 4 is 17.5 Å². The normalized spacial score (nSPS) is 20.9. The van der Waals surface area contributed by atoms with Crippen LogP contribution in [0.1, 0.15) is 31.7 Å². The minimum atomic E-state index is -0.174. The number of likely N-dealkylation sites (N-methyl/N-ethyl adjacent to an activating group) is 1. The van der Waals surface area contributed by atoms with E-state index < -0.39 is 0 Å². The van der Waals surface area contributed by atoms with Crippen LogP contribution in [0.2, 0.25) is 5.02 Å². The third-order valence-electron chi connectivity index (χ3n) is 3.94. The molecule has 2 unspecified atom stereocenters. The predicted octanol–water partition coefficient (Wildman–Crippen LogP) is 2.34. The van der Waals surface area contributed by atoms with E-state index in [4.69, 9.17) is 16.3 Å². The quantitative estimate of drug-likeness (QED) is 0.843. The maximum absolute atomic E-state index is 12.5. The molecule has 2 rings (SSSR count). The summed E-state index contributed by atoms with van der Waals surface area (Å²) in [4.78, 5) is 14.2. The van der Waals surface area contributed by atoms with Crippen LogP contribution in [-0.2, 0) is 11.3 Å². The highest BCUT2D eigenvalue weighted by molar-refractivity contribution is 6.30. The number of ether oxygens (including phenoxy) is 1. The highest BCUT2D eigenvalue weighted by Gasteiger charge is 2.30. The number of methoxy groups -OCH3 is 1. The largest absolute Gasteiger partial charge is 0.496 e. The zero-order chi connectivity index (χ0) is 16.1. The van der Waals surface area contributed by atoms with Gasteiger partial charge in [-0.2, -0.15) is 0 Å². The number of amides is 1. The third kappa shape index (κ3) is 4.12. The minimum absolute atomic E-state index is 0.0770. The van der Waals surface area contributed by atoms with Crippen molar-refractivity contribution in [2.45, 2.75) is 44.8 Å². The van der Waals surface area contributed by atoms with E-state index in [-0.39, 0.29) is 11.9 Å². The summed E-state index contributed by atoms with van der Waals surface area (Å²) in [5.41, 5.74) is 7.20. The first-order chi connectivity index (χ1) is 10.5. The monoisotopic (exact) mass is 325 g/mol. The van der Waals surface area contributed by atoms with E-state index in [1.807, 2.05) is 12.1 Å². The molecule has 1 aromatic rings. The van der Waals surface area contributed by atoms with Crippen LogP contribution >= 0.6 is 11.6 Å². The number of hydrogen-bond donors (Lipinski definition) is 2. The van der Waals surface area contributed by atoms with Gasteiger partial charge in [-0.1, -0.05) is 24.9 Å². The van der Waals surface area contributed by atoms with Crippen LogP contribution in [0.4, 0.5) is 0 Å². The maximum atomic E-state index is 12.5. The molecule has 0 aliphatic carbocycles. The fraction of sp³-hybridized carbons (Fsp3) is 0.562. The number of hydrazine groups is 1. The van der Waals surface area contributed by atoms with Gasteiger partial charge >= 0.3 is 0 Å². The molecule has 1 amide bonds. The number of halogens is 1. The molecule has 22 heavy (non-hydrogen) atoms. The Kier molecular flexibility index (Phi) is 6.06. The number of carbonyl (C=O) groups is 1. The summed E-state index contributed by atoms with van der Waals surface area (Å²) < 4.78 is 5.33. The Bertz CT molecular complexity index is 524. The molecule has 1 heterocycles. The van der Waals surface area contributed by atoms with Gasteiger partial charge in [0.2, 0.25) is 5.91 Å². The number of rotatable bonds is 6. The van der Waals surface area contributed by atoms with Crippen LogP contribution in [0.5, 0.6) is 5.75 Å². The molecule has 1 fully saturated rings. The Morgan fingerprint density at radius 1 is 1.45 bits per heavy atom. The van der Waals surface area contributed by atoms with Crippen molar-refractivity contribution in [3.05, 3.63) is 28.8 Å². The zero-order valence-corrected chi connectivity index (χ0v) is 14.1. The van der Waals surface area contributed by atoms with Gasteiger partial charge in [-0.05, 0) is 31.0 Å². The molecular weight excluding hydrogens is 302 g/mol. The number of carbonyl (C=O) groups excluding carboxylic acids is 1. The molecule has 1 aliphatic rings. The molecule has 0 radical (unpaired) electrons. The van der Waals surface area contributed by atoms with Crippen LogP contribution < -0.4 is 15.6 Å². The summed E-state index contributed by atoms with van der Waals surface area (Å²) in [6.45, 7) is 2.62. The van der Waals surface area contributed by atoms with Crippen molar-refractivity contribution < 1.29 is 9.53 Å². The lowest BCUT2D eigenvalue weighted by atomic mass is 10.1. The van der Waals surface area contributed by atoms with Crippen molar-refractivity contribution in [1.29, 1.82) is 0 Å². The number of benzene rings is 1. The van der Waals surface area contributed by atoms with Crippen molar-refractivity contribution in [2.24, 2.45) is 0 Å². The van der Waals surface area contributed by atoms with Crippen LogP contribution in [0.25, 0.3) is 0 Å². The van der Waals surface area contributed by atoms with Gasteiger partial charge in [-0.25, -0.2) is 5.43 Å². The second-order valence-corrected chi connectivity index (χ2v) is 6.15. The summed E-state index contributed by atoms with van der Waals surface area (Å²) in [6, 6.07) is 5.64. The van der Waals surface area contributed by atoms with Gasteiger partial charge in [-0.15, -0.1) is 0 Å². The zero-order valence-electron chi connectivity index (χ0n) is 13.4. The van der Waals surface area contributed by atoms with Crippen LogP contribution in [0, 0.1) is 0 Å². The van der Waals surface area contributed by atoms with E-state index in [0.29, 0.717) is 17.6 Å². The summed E-state index contributed by atoms with van der Waals surface area (Å²) in [6.07, 6.45) is 3.00. The van der Waals surface area contributed by atoms with Gasteiger partial charge in [-0.3, -0.25) is 10.2 Å². The van der Waals surface area contributed by atoms with Crippen molar-refractivity contribution in [3.63, 3.8) is 0 Å². The Hall–Kier alpha value is -1.30. The van der Waals surface area contributed by atoms with Gasteiger partial charge < -0.3 is 9.64 Å². The number of nitrogens with zero attached hydrogens (tertiary/aromatic N) is 1. The predicted molar refractivity (Wildman–Crippen MR) is 87.9 cm³/mol. The fourth-order valence-electron chi connectivity index (χ4n) is 2.79. The van der Waals surface area contributed by atoms with Gasteiger partial charge in [0.25, 0.3) is 0 Å². The van der Waals surface area contributed by atoms with Crippen molar-refractivity contribution in [3.8, 4) is 5.75 Å². The molecule has 0 saturated carbocycles. The first kappa shape index (κ1) is 17.1. The molecule has 2 N–H and O–H groups in total. The topological polar surface area (TPSA) is 53.6 Å². The Labute approximate surface area is 136 Å². The highest BCUT2D eigenvalue weighted by Crippen LogP contribution is 2.24. The van der Waals surface area contributed by atoms with Crippen LogP contribution in [0.15, 0.2) is 18.2 Å². The second-order valence-electron chi connectivity index (χ2n) is 5.71. The molecule has 122 valence electrons. The fourth-order valence-corrected chi connectivity index (χ4v) is 2.99. The van der Waals surface area contributed by atoms with Gasteiger partial charge in [0, 0.05) is 30.2 Å². The van der Waals surface area contributed by atoms with Crippen LogP contribution in [0.3, 0.4) is 0 Å². The highest BCUT2D eigenvalue weighted by atomic mass is 35.5. The molecule has 1 saturated heterocycles. The molecule has 0 spiro atoms. The average Bonchev–Trinajstić information content (AvgIpc) is 2.95. The van der Waals surface area contributed by atoms with E-state index in [0.717, 1.165) is 30.6 Å². The van der Waals surface area contributed by atoms with E-state index >= 15 is 0 Å². The van der Waals surface area contributed by atoms with Crippen LogP contribution in [-0.4, -0.2) is 37.0 Å². The summed E-state index contributed by atoms with van der Waals surface area (Å²) >= 11 is 6.04. The average molecular weight is 326 g/mol. The van der Waals surface area contributed by atoms with Gasteiger partial charge in [0.15, 0.2) is 0 Å². The molecule has 2 atom stereocenters. The first-order valence-corrected chi connectivity index (χ1v) is 8.01. The smallest absolute Gasteiger partial charge is 0.241 e. The molecule has 0 bridgehead atoms. The summed E-state index contributed by atoms with van der Waals surface area (Å²) in [5.74, 6) is 0.818. The lowest BCUT2D eigenvalue weighted by Gasteiger charge is -2.22. The van der Waals surface area contributed by atoms with Crippen molar-refractivity contribution in [1.82, 2.24) is 15.8 Å². The van der Waals surface area contributed by atoms with Crippen molar-refractivity contribution in [2.75, 3.05) is 14.2 Å². The number of hydrogen-bond acceptors (Lipinski definition) is 4. The van der Waals surface area contributed by atoms with Gasteiger partial charge in [0.05, 0.1) is 7.11 Å². The third-order valence-corrected chi connectivity index (χ3v) is 4.18. The Balaban J connectivity index is 1.99. The Morgan fingerprint density at radius 2 is 2.23 bits per heavy atom. The minimum Gasteiger partial charge on any atom is -0.496 e. The van der Waals surface area contributed by atoms with Gasteiger partial charge in [0.1, 0.15) is 11.8 Å². The molecular formula is C16H24ClN3O2. The Morgan fingerprint density at radius 3 is 2.91 bits per heavy atom. The summed E-state index contributed by atoms with van der Waals surface area (Å²) in [7, 11) is 3.42. The summed E-state index contributed by atoms with van der Waals surface area (Å²) in [5, 5.41) is 0.639. The van der Waals surface area contributed by atoms with E-state index in [2.05, 4.69) is 17.8 Å². The van der Waals surface area contributed by atoms with E-state index in [1.54, 1.807) is 25.1 Å². The van der Waals surface area contributed by atoms with E-state index in [9.17, 15) is 4.79 Å². The molecule has 0 aromatic heterocycles. The standard InChI is InChI=1S/C16H24ClN3O2/c1-4-5-13-9-14(19-18-13)16(21)20(2)10-11-8-12(17)6-7-15(11)22-3/h6-8,13-14,18-19H,4-5,9-10H2,1-3H3. The maximum Gasteiger partial charge on any atom is 0.241 e. The SMILES string of the molecule is CCCC1CC(C(=O)N(C)Cc2cc(Cl)ccc2OC)NN1. The first-order valence-electron chi connectivity index (χ1n) is 7.63. The van der Waals surface area contributed by atoms with E-state index in [1.165, 1.54) is 0 Å². The molecule has 1 aromatic carbocycles. The number of nitrogens with one attached hydrogen (secondary N) is 2. The second kappa shape index (κ2) is 7.81.